The molecule has 5 nitrogen and oxygen atoms in total. The lowest BCUT2D eigenvalue weighted by Crippen LogP contribution is -2.56. The maximum atomic E-state index is 16.3. The van der Waals surface area contributed by atoms with Crippen LogP contribution in [-0.4, -0.2) is 58.3 Å². The van der Waals surface area contributed by atoms with Gasteiger partial charge in [-0.15, -0.1) is 0 Å². The minimum atomic E-state index is -1.13. The number of aliphatic hydroxyl groups excluding tert-OH is 2. The van der Waals surface area contributed by atoms with Gasteiger partial charge in [0.2, 0.25) is 0 Å². The second-order valence-electron chi connectivity index (χ2n) is 16.6. The Hall–Kier alpha value is -0.270. The summed E-state index contributed by atoms with van der Waals surface area (Å²) >= 11 is 0. The van der Waals surface area contributed by atoms with Gasteiger partial charge in [0, 0.05) is 12.3 Å². The molecule has 1 aliphatic heterocycles. The molecule has 6 rings (SSSR count). The molecule has 0 aromatic carbocycles. The second kappa shape index (κ2) is 9.87. The predicted octanol–water partition coefficient (Wildman–Crippen LogP) is 6.41. The Morgan fingerprint density at radius 3 is 2.42 bits per heavy atom. The maximum absolute atomic E-state index is 16.3. The van der Waals surface area contributed by atoms with Crippen molar-refractivity contribution in [2.75, 3.05) is 6.61 Å². The monoisotopic (exact) mass is 564 g/mol. The van der Waals surface area contributed by atoms with Gasteiger partial charge in [0.15, 0.2) is 6.29 Å². The number of fused-ring (bicyclic) bond motifs is 2. The average molecular weight is 565 g/mol. The van der Waals surface area contributed by atoms with Crippen molar-refractivity contribution in [1.29, 1.82) is 0 Å². The van der Waals surface area contributed by atoms with Crippen molar-refractivity contribution >= 4 is 0 Å². The van der Waals surface area contributed by atoms with Crippen LogP contribution in [0.15, 0.2) is 0 Å². The SMILES string of the molecule is CC1C23CCC4(C)C(CCCCC(C)(C)O)C(O)C(F)C4C2CCC2C(C)(C)C(OC4CC(O)CCO4)CCC213. The van der Waals surface area contributed by atoms with E-state index >= 15 is 4.39 Å². The molecular formula is C34H57FO5. The van der Waals surface area contributed by atoms with Crippen molar-refractivity contribution in [3.8, 4) is 0 Å². The van der Waals surface area contributed by atoms with E-state index in [0.29, 0.717) is 37.2 Å². The molecule has 5 saturated carbocycles. The molecule has 1 heterocycles. The highest BCUT2D eigenvalue weighted by atomic mass is 19.1. The molecule has 40 heavy (non-hydrogen) atoms. The van der Waals surface area contributed by atoms with Gasteiger partial charge in [0.25, 0.3) is 0 Å². The number of ether oxygens (including phenoxy) is 2. The summed E-state index contributed by atoms with van der Waals surface area (Å²) in [4.78, 5) is 0. The maximum Gasteiger partial charge on any atom is 0.160 e. The van der Waals surface area contributed by atoms with Gasteiger partial charge < -0.3 is 24.8 Å². The highest BCUT2D eigenvalue weighted by molar-refractivity contribution is 5.32. The highest BCUT2D eigenvalue weighted by Gasteiger charge is 2.85. The molecule has 6 heteroatoms. The van der Waals surface area contributed by atoms with Crippen LogP contribution in [0.3, 0.4) is 0 Å². The van der Waals surface area contributed by atoms with Gasteiger partial charge in [0.05, 0.1) is 30.5 Å². The van der Waals surface area contributed by atoms with E-state index in [-0.39, 0.29) is 52.0 Å². The third kappa shape index (κ3) is 4.15. The van der Waals surface area contributed by atoms with Gasteiger partial charge in [-0.2, -0.15) is 0 Å². The van der Waals surface area contributed by atoms with E-state index in [1.54, 1.807) is 0 Å². The molecule has 6 fully saturated rings. The van der Waals surface area contributed by atoms with Gasteiger partial charge in [-0.05, 0) is 117 Å². The smallest absolute Gasteiger partial charge is 0.160 e. The van der Waals surface area contributed by atoms with Crippen molar-refractivity contribution in [3.63, 3.8) is 0 Å². The molecule has 5 aliphatic carbocycles. The van der Waals surface area contributed by atoms with E-state index < -0.39 is 17.9 Å². The lowest BCUT2D eigenvalue weighted by molar-refractivity contribution is -0.248. The first-order chi connectivity index (χ1) is 18.7. The molecule has 0 radical (unpaired) electrons. The number of unbranched alkanes of at least 4 members (excludes halogenated alkanes) is 1. The van der Waals surface area contributed by atoms with Gasteiger partial charge in [-0.25, -0.2) is 4.39 Å². The van der Waals surface area contributed by atoms with Crippen molar-refractivity contribution in [2.45, 2.75) is 155 Å². The van der Waals surface area contributed by atoms with E-state index in [1.807, 2.05) is 13.8 Å². The van der Waals surface area contributed by atoms with Gasteiger partial charge >= 0.3 is 0 Å². The van der Waals surface area contributed by atoms with Crippen LogP contribution in [0, 0.1) is 51.2 Å². The third-order valence-corrected chi connectivity index (χ3v) is 14.2. The number of alkyl halides is 1. The molecular weight excluding hydrogens is 507 g/mol. The number of hydrogen-bond acceptors (Lipinski definition) is 5. The Kier molecular flexibility index (Phi) is 7.35. The van der Waals surface area contributed by atoms with E-state index in [2.05, 4.69) is 27.7 Å². The highest BCUT2D eigenvalue weighted by Crippen LogP contribution is 2.89. The molecule has 0 aromatic heterocycles. The molecule has 0 aromatic rings. The molecule has 0 amide bonds. The van der Waals surface area contributed by atoms with Crippen LogP contribution in [0.5, 0.6) is 0 Å². The van der Waals surface area contributed by atoms with E-state index in [1.165, 1.54) is 6.42 Å². The summed E-state index contributed by atoms with van der Waals surface area (Å²) in [6, 6.07) is 0. The first-order valence-electron chi connectivity index (χ1n) is 16.7. The Bertz CT molecular complexity index is 949. The van der Waals surface area contributed by atoms with Crippen LogP contribution in [0.25, 0.3) is 0 Å². The summed E-state index contributed by atoms with van der Waals surface area (Å²) in [7, 11) is 0. The molecule has 13 unspecified atom stereocenters. The molecule has 1 saturated heterocycles. The van der Waals surface area contributed by atoms with Crippen molar-refractivity contribution < 1.29 is 29.2 Å². The zero-order chi connectivity index (χ0) is 28.9. The number of hydrogen-bond donors (Lipinski definition) is 3. The first kappa shape index (κ1) is 29.8. The summed E-state index contributed by atoms with van der Waals surface area (Å²) in [5, 5.41) is 31.6. The first-order valence-corrected chi connectivity index (χ1v) is 16.7. The van der Waals surface area contributed by atoms with E-state index in [9.17, 15) is 15.3 Å². The van der Waals surface area contributed by atoms with Gasteiger partial charge in [0.1, 0.15) is 6.17 Å². The summed E-state index contributed by atoms with van der Waals surface area (Å²) in [6.45, 7) is 13.8. The minimum absolute atomic E-state index is 0.000808. The number of rotatable bonds is 7. The van der Waals surface area contributed by atoms with Crippen LogP contribution in [0.1, 0.15) is 119 Å². The zero-order valence-electron chi connectivity index (χ0n) is 26.0. The van der Waals surface area contributed by atoms with E-state index in [4.69, 9.17) is 9.47 Å². The lowest BCUT2D eigenvalue weighted by Gasteiger charge is -2.59. The third-order valence-electron chi connectivity index (χ3n) is 14.2. The van der Waals surface area contributed by atoms with Crippen LogP contribution < -0.4 is 0 Å². The fourth-order valence-corrected chi connectivity index (χ4v) is 12.4. The molecule has 2 spiro atoms. The predicted molar refractivity (Wildman–Crippen MR) is 153 cm³/mol. The average Bonchev–Trinajstić information content (AvgIpc) is 3.33. The Labute approximate surface area is 242 Å². The van der Waals surface area contributed by atoms with Gasteiger partial charge in [-0.1, -0.05) is 40.5 Å². The van der Waals surface area contributed by atoms with Crippen LogP contribution in [-0.2, 0) is 9.47 Å². The molecule has 0 bridgehead atoms. The summed E-state index contributed by atoms with van der Waals surface area (Å²) in [6.07, 6.45) is 8.70. The summed E-state index contributed by atoms with van der Waals surface area (Å²) < 4.78 is 28.8. The standard InChI is InChI=1S/C34H57FO5/c1-20-33-17-16-32(6)23(9-7-8-14-30(2,3)38)29(37)28(35)27(32)22(33)10-11-24-31(4,5)25(12-15-34(20,24)33)40-26-19-21(36)13-18-39-26/h20-29,36-38H,7-19H2,1-6H3. The lowest BCUT2D eigenvalue weighted by atomic mass is 9.46. The van der Waals surface area contributed by atoms with Crippen LogP contribution in [0.4, 0.5) is 4.39 Å². The fourth-order valence-electron chi connectivity index (χ4n) is 12.4. The largest absolute Gasteiger partial charge is 0.393 e. The summed E-state index contributed by atoms with van der Waals surface area (Å²) in [5.41, 5.74) is -0.365. The van der Waals surface area contributed by atoms with Crippen LogP contribution >= 0.6 is 0 Å². The van der Waals surface area contributed by atoms with Crippen molar-refractivity contribution in [3.05, 3.63) is 0 Å². The Balaban J connectivity index is 1.20. The van der Waals surface area contributed by atoms with Gasteiger partial charge in [-0.3, -0.25) is 0 Å². The van der Waals surface area contributed by atoms with Crippen molar-refractivity contribution in [2.24, 2.45) is 51.2 Å². The fraction of sp³-hybridized carbons (Fsp3) is 1.00. The Morgan fingerprint density at radius 2 is 1.73 bits per heavy atom. The van der Waals surface area contributed by atoms with Crippen LogP contribution in [0.2, 0.25) is 0 Å². The second-order valence-corrected chi connectivity index (χ2v) is 16.6. The molecule has 3 N–H and O–H groups in total. The molecule has 6 aliphatic rings. The molecule has 230 valence electrons. The zero-order valence-corrected chi connectivity index (χ0v) is 26.0. The van der Waals surface area contributed by atoms with E-state index in [0.717, 1.165) is 57.8 Å². The summed E-state index contributed by atoms with van der Waals surface area (Å²) in [5.74, 6) is 1.46. The number of aliphatic hydroxyl groups is 3. The Morgan fingerprint density at radius 1 is 0.975 bits per heavy atom. The minimum Gasteiger partial charge on any atom is -0.393 e. The molecule has 13 atom stereocenters. The topological polar surface area (TPSA) is 79.2 Å². The normalized spacial score (nSPS) is 53.2. The quantitative estimate of drug-likeness (QED) is 0.246. The van der Waals surface area contributed by atoms with Crippen molar-refractivity contribution in [1.82, 2.24) is 0 Å². The number of halogens is 1.